The van der Waals surface area contributed by atoms with E-state index in [0.717, 1.165) is 16.8 Å². The molecule has 1 aromatic carbocycles. The van der Waals surface area contributed by atoms with E-state index in [4.69, 9.17) is 0 Å². The SMILES string of the molecule is Cc1ccc(C(=O)NCC(=O)NCc2cscn2)cc1C. The van der Waals surface area contributed by atoms with Crippen molar-refractivity contribution in [2.24, 2.45) is 0 Å². The van der Waals surface area contributed by atoms with Crippen molar-refractivity contribution in [1.29, 1.82) is 0 Å². The summed E-state index contributed by atoms with van der Waals surface area (Å²) in [7, 11) is 0. The van der Waals surface area contributed by atoms with Crippen molar-refractivity contribution in [2.45, 2.75) is 20.4 Å². The van der Waals surface area contributed by atoms with E-state index in [1.807, 2.05) is 31.4 Å². The number of carbonyl (C=O) groups excluding carboxylic acids is 2. The average Bonchev–Trinajstić information content (AvgIpc) is 2.98. The van der Waals surface area contributed by atoms with Crippen LogP contribution in [0.3, 0.4) is 0 Å². The standard InChI is InChI=1S/C15H17N3O2S/c1-10-3-4-12(5-11(10)2)15(20)17-7-14(19)16-6-13-8-21-9-18-13/h3-5,8-9H,6-7H2,1-2H3,(H,16,19)(H,17,20). The average molecular weight is 303 g/mol. The fourth-order valence-corrected chi connectivity index (χ4v) is 2.28. The third-order valence-corrected chi connectivity index (χ3v) is 3.76. The minimum absolute atomic E-state index is 0.0457. The van der Waals surface area contributed by atoms with Gasteiger partial charge in [-0.3, -0.25) is 9.59 Å². The van der Waals surface area contributed by atoms with Gasteiger partial charge in [-0.15, -0.1) is 11.3 Å². The van der Waals surface area contributed by atoms with Crippen molar-refractivity contribution in [1.82, 2.24) is 15.6 Å². The Bertz CT molecular complexity index is 638. The van der Waals surface area contributed by atoms with Gasteiger partial charge in [0.25, 0.3) is 5.91 Å². The number of aromatic nitrogens is 1. The molecule has 0 aliphatic carbocycles. The zero-order chi connectivity index (χ0) is 15.2. The summed E-state index contributed by atoms with van der Waals surface area (Å²) >= 11 is 1.48. The fraction of sp³-hybridized carbons (Fsp3) is 0.267. The van der Waals surface area contributed by atoms with Gasteiger partial charge in [0.15, 0.2) is 0 Å². The van der Waals surface area contributed by atoms with E-state index in [9.17, 15) is 9.59 Å². The number of nitrogens with zero attached hydrogens (tertiary/aromatic N) is 1. The summed E-state index contributed by atoms with van der Waals surface area (Å²) in [4.78, 5) is 27.7. The molecule has 0 bridgehead atoms. The Morgan fingerprint density at radius 3 is 2.67 bits per heavy atom. The third kappa shape index (κ3) is 4.39. The first-order chi connectivity index (χ1) is 10.1. The van der Waals surface area contributed by atoms with Crippen LogP contribution in [0.15, 0.2) is 29.1 Å². The van der Waals surface area contributed by atoms with Crippen LogP contribution >= 0.6 is 11.3 Å². The maximum atomic E-state index is 11.9. The zero-order valence-electron chi connectivity index (χ0n) is 12.0. The first-order valence-electron chi connectivity index (χ1n) is 6.55. The molecule has 2 rings (SSSR count). The number of aryl methyl sites for hydroxylation is 2. The van der Waals surface area contributed by atoms with Crippen molar-refractivity contribution in [3.63, 3.8) is 0 Å². The normalized spacial score (nSPS) is 10.2. The summed E-state index contributed by atoms with van der Waals surface area (Å²) in [6, 6.07) is 5.47. The van der Waals surface area contributed by atoms with Crippen LogP contribution in [0.25, 0.3) is 0 Å². The van der Waals surface area contributed by atoms with E-state index >= 15 is 0 Å². The van der Waals surface area contributed by atoms with E-state index in [0.29, 0.717) is 12.1 Å². The second-order valence-corrected chi connectivity index (χ2v) is 5.46. The number of hydrogen-bond donors (Lipinski definition) is 2. The van der Waals surface area contributed by atoms with E-state index in [-0.39, 0.29) is 18.4 Å². The topological polar surface area (TPSA) is 71.1 Å². The molecule has 0 saturated carbocycles. The van der Waals surface area contributed by atoms with E-state index in [1.54, 1.807) is 11.6 Å². The number of hydrogen-bond acceptors (Lipinski definition) is 4. The molecule has 5 nitrogen and oxygen atoms in total. The van der Waals surface area contributed by atoms with Crippen molar-refractivity contribution in [3.05, 3.63) is 51.5 Å². The Balaban J connectivity index is 1.80. The number of rotatable bonds is 5. The predicted molar refractivity (Wildman–Crippen MR) is 82.2 cm³/mol. The van der Waals surface area contributed by atoms with Gasteiger partial charge < -0.3 is 10.6 Å². The Morgan fingerprint density at radius 2 is 2.00 bits per heavy atom. The number of carbonyl (C=O) groups is 2. The highest BCUT2D eigenvalue weighted by atomic mass is 32.1. The molecule has 21 heavy (non-hydrogen) atoms. The van der Waals surface area contributed by atoms with Crippen LogP contribution in [-0.2, 0) is 11.3 Å². The van der Waals surface area contributed by atoms with Crippen LogP contribution < -0.4 is 10.6 Å². The molecule has 1 aromatic heterocycles. The van der Waals surface area contributed by atoms with Gasteiger partial charge in [-0.1, -0.05) is 6.07 Å². The molecule has 0 unspecified atom stereocenters. The van der Waals surface area contributed by atoms with Crippen molar-refractivity contribution >= 4 is 23.2 Å². The Kier molecular flexibility index (Phi) is 5.05. The van der Waals surface area contributed by atoms with Crippen molar-refractivity contribution in [3.8, 4) is 0 Å². The van der Waals surface area contributed by atoms with E-state index < -0.39 is 0 Å². The lowest BCUT2D eigenvalue weighted by atomic mass is 10.1. The van der Waals surface area contributed by atoms with Crippen LogP contribution in [0.4, 0.5) is 0 Å². The molecule has 2 aromatic rings. The highest BCUT2D eigenvalue weighted by Crippen LogP contribution is 2.09. The molecule has 0 spiro atoms. The highest BCUT2D eigenvalue weighted by Gasteiger charge is 2.09. The van der Waals surface area contributed by atoms with Gasteiger partial charge in [-0.25, -0.2) is 4.98 Å². The van der Waals surface area contributed by atoms with Crippen LogP contribution in [0, 0.1) is 13.8 Å². The van der Waals surface area contributed by atoms with Gasteiger partial charge in [0.05, 0.1) is 24.3 Å². The minimum atomic E-state index is -0.248. The quantitative estimate of drug-likeness (QED) is 0.885. The molecule has 2 amide bonds. The molecular formula is C15H17N3O2S. The third-order valence-electron chi connectivity index (χ3n) is 3.13. The molecule has 0 atom stereocenters. The molecule has 0 saturated heterocycles. The number of benzene rings is 1. The Morgan fingerprint density at radius 1 is 1.19 bits per heavy atom. The number of thiazole rings is 1. The lowest BCUT2D eigenvalue weighted by molar-refractivity contribution is -0.120. The summed E-state index contributed by atoms with van der Waals surface area (Å²) in [5.41, 5.74) is 5.27. The lowest BCUT2D eigenvalue weighted by Crippen LogP contribution is -2.36. The maximum absolute atomic E-state index is 11.9. The van der Waals surface area contributed by atoms with Gasteiger partial charge >= 0.3 is 0 Å². The first kappa shape index (κ1) is 15.2. The fourth-order valence-electron chi connectivity index (χ4n) is 1.72. The maximum Gasteiger partial charge on any atom is 0.251 e. The molecular weight excluding hydrogens is 286 g/mol. The van der Waals surface area contributed by atoms with Crippen LogP contribution in [0.2, 0.25) is 0 Å². The molecule has 0 fully saturated rings. The molecule has 0 aliphatic rings. The molecule has 0 radical (unpaired) electrons. The molecule has 6 heteroatoms. The van der Waals surface area contributed by atoms with E-state index in [2.05, 4.69) is 15.6 Å². The summed E-state index contributed by atoms with van der Waals surface area (Å²) in [5, 5.41) is 7.18. The van der Waals surface area contributed by atoms with Gasteiger partial charge in [-0.2, -0.15) is 0 Å². The second kappa shape index (κ2) is 6.99. The summed E-state index contributed by atoms with van der Waals surface area (Å²) in [5.74, 6) is -0.484. The molecule has 2 N–H and O–H groups in total. The summed E-state index contributed by atoms with van der Waals surface area (Å²) in [6.45, 7) is 4.27. The van der Waals surface area contributed by atoms with Gasteiger partial charge in [-0.05, 0) is 37.1 Å². The number of amides is 2. The van der Waals surface area contributed by atoms with Gasteiger partial charge in [0.2, 0.25) is 5.91 Å². The molecule has 110 valence electrons. The van der Waals surface area contributed by atoms with Crippen molar-refractivity contribution in [2.75, 3.05) is 6.54 Å². The van der Waals surface area contributed by atoms with Crippen LogP contribution in [0.1, 0.15) is 27.2 Å². The smallest absolute Gasteiger partial charge is 0.251 e. The minimum Gasteiger partial charge on any atom is -0.349 e. The highest BCUT2D eigenvalue weighted by molar-refractivity contribution is 7.07. The van der Waals surface area contributed by atoms with Gasteiger partial charge in [0, 0.05) is 10.9 Å². The number of nitrogens with one attached hydrogen (secondary N) is 2. The molecule has 0 aliphatic heterocycles. The van der Waals surface area contributed by atoms with Crippen molar-refractivity contribution < 1.29 is 9.59 Å². The first-order valence-corrected chi connectivity index (χ1v) is 7.50. The van der Waals surface area contributed by atoms with E-state index in [1.165, 1.54) is 11.3 Å². The molecule has 1 heterocycles. The summed E-state index contributed by atoms with van der Waals surface area (Å²) in [6.07, 6.45) is 0. The second-order valence-electron chi connectivity index (χ2n) is 4.74. The Hall–Kier alpha value is -2.21. The predicted octanol–water partition coefficient (Wildman–Crippen LogP) is 1.81. The van der Waals surface area contributed by atoms with Crippen LogP contribution in [0.5, 0.6) is 0 Å². The monoisotopic (exact) mass is 303 g/mol. The largest absolute Gasteiger partial charge is 0.349 e. The zero-order valence-corrected chi connectivity index (χ0v) is 12.8. The van der Waals surface area contributed by atoms with Gasteiger partial charge in [0.1, 0.15) is 0 Å². The Labute approximate surface area is 127 Å². The van der Waals surface area contributed by atoms with Crippen LogP contribution in [-0.4, -0.2) is 23.3 Å². The lowest BCUT2D eigenvalue weighted by Gasteiger charge is -2.07. The summed E-state index contributed by atoms with van der Waals surface area (Å²) < 4.78 is 0.